The average Bonchev–Trinajstić information content (AvgIpc) is 3.56. The first kappa shape index (κ1) is 22.2. The molecule has 1 saturated heterocycles. The standard InChI is InChI=1S/C21H26N8O2S2/c1-13-10-23-21-29(19(13)31)14(12-33-21)9-16(30)22-5-8-28-18-15(11-24-28)17(25-20(26-18)32-2)27-6-3-4-7-27/h10-11,14H,3-9,12H2,1-2H3,(H,22,30). The Morgan fingerprint density at radius 1 is 1.27 bits per heavy atom. The molecule has 1 N–H and O–H groups in total. The Balaban J connectivity index is 1.25. The third-order valence-electron chi connectivity index (χ3n) is 6.01. The summed E-state index contributed by atoms with van der Waals surface area (Å²) in [5.41, 5.74) is 1.32. The lowest BCUT2D eigenvalue weighted by molar-refractivity contribution is -0.121. The normalized spacial score (nSPS) is 17.6. The molecule has 1 unspecified atom stereocenters. The minimum Gasteiger partial charge on any atom is -0.356 e. The van der Waals surface area contributed by atoms with E-state index < -0.39 is 0 Å². The van der Waals surface area contributed by atoms with Crippen LogP contribution in [0.5, 0.6) is 0 Å². The molecule has 1 fully saturated rings. The van der Waals surface area contributed by atoms with Crippen LogP contribution < -0.4 is 15.8 Å². The van der Waals surface area contributed by atoms with Gasteiger partial charge in [0.05, 0.1) is 24.2 Å². The maximum Gasteiger partial charge on any atom is 0.257 e. The number of aromatic nitrogens is 6. The number of carbonyl (C=O) groups excluding carboxylic acids is 1. The van der Waals surface area contributed by atoms with E-state index in [1.165, 1.54) is 36.4 Å². The van der Waals surface area contributed by atoms with E-state index in [1.54, 1.807) is 17.7 Å². The van der Waals surface area contributed by atoms with E-state index >= 15 is 0 Å². The molecule has 2 aliphatic heterocycles. The van der Waals surface area contributed by atoms with Crippen molar-refractivity contribution in [1.82, 2.24) is 34.6 Å². The average molecular weight is 487 g/mol. The Morgan fingerprint density at radius 2 is 2.09 bits per heavy atom. The topological polar surface area (TPSA) is 111 Å². The summed E-state index contributed by atoms with van der Waals surface area (Å²) in [5, 5.41) is 9.85. The van der Waals surface area contributed by atoms with E-state index in [0.29, 0.717) is 29.6 Å². The number of nitrogens with zero attached hydrogens (tertiary/aromatic N) is 7. The zero-order chi connectivity index (χ0) is 22.9. The van der Waals surface area contributed by atoms with Crippen LogP contribution >= 0.6 is 23.5 Å². The summed E-state index contributed by atoms with van der Waals surface area (Å²) in [6.45, 7) is 4.69. The number of hydrogen-bond acceptors (Lipinski definition) is 9. The minimum atomic E-state index is -0.171. The molecule has 1 amide bonds. The lowest BCUT2D eigenvalue weighted by atomic mass is 10.2. The fourth-order valence-electron chi connectivity index (χ4n) is 4.30. The quantitative estimate of drug-likeness (QED) is 0.395. The second-order valence-electron chi connectivity index (χ2n) is 8.25. The van der Waals surface area contributed by atoms with Crippen molar-refractivity contribution in [1.29, 1.82) is 0 Å². The zero-order valence-corrected chi connectivity index (χ0v) is 20.3. The number of anilines is 1. The molecule has 2 aliphatic rings. The zero-order valence-electron chi connectivity index (χ0n) is 18.7. The van der Waals surface area contributed by atoms with Crippen LogP contribution in [0.2, 0.25) is 0 Å². The molecule has 174 valence electrons. The van der Waals surface area contributed by atoms with Crippen LogP contribution in [0.3, 0.4) is 0 Å². The molecular formula is C21H26N8O2S2. The molecule has 0 saturated carbocycles. The third kappa shape index (κ3) is 4.33. The molecule has 10 nitrogen and oxygen atoms in total. The number of nitrogens with one attached hydrogen (secondary N) is 1. The van der Waals surface area contributed by atoms with Crippen LogP contribution in [-0.4, -0.2) is 66.8 Å². The molecule has 33 heavy (non-hydrogen) atoms. The third-order valence-corrected chi connectivity index (χ3v) is 7.67. The summed E-state index contributed by atoms with van der Waals surface area (Å²) in [5.74, 6) is 1.54. The second kappa shape index (κ2) is 9.34. The Kier molecular flexibility index (Phi) is 6.28. The Bertz CT molecular complexity index is 1250. The number of aryl methyl sites for hydroxylation is 1. The summed E-state index contributed by atoms with van der Waals surface area (Å²) in [4.78, 5) is 41.1. The number of hydrogen-bond donors (Lipinski definition) is 1. The van der Waals surface area contributed by atoms with E-state index in [4.69, 9.17) is 4.98 Å². The van der Waals surface area contributed by atoms with Crippen LogP contribution in [-0.2, 0) is 11.3 Å². The molecule has 0 aromatic carbocycles. The van der Waals surface area contributed by atoms with Gasteiger partial charge in [-0.1, -0.05) is 23.5 Å². The van der Waals surface area contributed by atoms with E-state index in [9.17, 15) is 9.59 Å². The molecule has 3 aromatic heterocycles. The van der Waals surface area contributed by atoms with Crippen LogP contribution in [0.1, 0.15) is 30.9 Å². The highest BCUT2D eigenvalue weighted by molar-refractivity contribution is 7.99. The Labute approximate surface area is 199 Å². The molecule has 0 spiro atoms. The molecule has 12 heteroatoms. The van der Waals surface area contributed by atoms with E-state index in [2.05, 4.69) is 25.3 Å². The van der Waals surface area contributed by atoms with Crippen LogP contribution in [0.25, 0.3) is 11.0 Å². The van der Waals surface area contributed by atoms with Gasteiger partial charge >= 0.3 is 0 Å². The predicted octanol–water partition coefficient (Wildman–Crippen LogP) is 1.87. The fourth-order valence-corrected chi connectivity index (χ4v) is 5.77. The van der Waals surface area contributed by atoms with Gasteiger partial charge in [0.25, 0.3) is 5.56 Å². The molecule has 0 aliphatic carbocycles. The van der Waals surface area contributed by atoms with Crippen molar-refractivity contribution in [2.75, 3.05) is 36.5 Å². The minimum absolute atomic E-state index is 0.0658. The summed E-state index contributed by atoms with van der Waals surface area (Å²) >= 11 is 3.03. The summed E-state index contributed by atoms with van der Waals surface area (Å²) in [6, 6.07) is -0.171. The maximum absolute atomic E-state index is 12.6. The van der Waals surface area contributed by atoms with Gasteiger partial charge in [-0.15, -0.1) is 0 Å². The first-order valence-corrected chi connectivity index (χ1v) is 13.3. The van der Waals surface area contributed by atoms with Crippen molar-refractivity contribution in [3.05, 3.63) is 28.3 Å². The van der Waals surface area contributed by atoms with E-state index in [-0.39, 0.29) is 23.9 Å². The molecule has 5 rings (SSSR count). The molecular weight excluding hydrogens is 460 g/mol. The number of carbonyl (C=O) groups is 1. The van der Waals surface area contributed by atoms with Crippen molar-refractivity contribution >= 4 is 46.3 Å². The Morgan fingerprint density at radius 3 is 2.88 bits per heavy atom. The van der Waals surface area contributed by atoms with Crippen molar-refractivity contribution in [3.8, 4) is 0 Å². The van der Waals surface area contributed by atoms with Gasteiger partial charge in [0.2, 0.25) is 5.91 Å². The second-order valence-corrected chi connectivity index (χ2v) is 10.0. The van der Waals surface area contributed by atoms with Gasteiger partial charge in [-0.3, -0.25) is 14.2 Å². The number of fused-ring (bicyclic) bond motifs is 2. The van der Waals surface area contributed by atoms with Crippen molar-refractivity contribution in [3.63, 3.8) is 0 Å². The van der Waals surface area contributed by atoms with Gasteiger partial charge in [-0.05, 0) is 26.0 Å². The number of rotatable bonds is 7. The summed E-state index contributed by atoms with van der Waals surface area (Å²) in [7, 11) is 0. The highest BCUT2D eigenvalue weighted by atomic mass is 32.2. The molecule has 0 radical (unpaired) electrons. The van der Waals surface area contributed by atoms with E-state index in [0.717, 1.165) is 35.1 Å². The summed E-state index contributed by atoms with van der Waals surface area (Å²) < 4.78 is 3.48. The van der Waals surface area contributed by atoms with Crippen LogP contribution in [0.15, 0.2) is 27.5 Å². The monoisotopic (exact) mass is 486 g/mol. The maximum atomic E-state index is 12.6. The van der Waals surface area contributed by atoms with E-state index in [1.807, 2.05) is 17.1 Å². The van der Waals surface area contributed by atoms with Gasteiger partial charge in [-0.25, -0.2) is 19.6 Å². The van der Waals surface area contributed by atoms with Gasteiger partial charge in [-0.2, -0.15) is 5.10 Å². The molecule has 0 bridgehead atoms. The van der Waals surface area contributed by atoms with Crippen molar-refractivity contribution < 1.29 is 4.79 Å². The number of thioether (sulfide) groups is 2. The van der Waals surface area contributed by atoms with Crippen molar-refractivity contribution in [2.24, 2.45) is 0 Å². The molecule has 1 atom stereocenters. The Hall–Kier alpha value is -2.60. The number of amides is 1. The van der Waals surface area contributed by atoms with Gasteiger partial charge in [0, 0.05) is 43.6 Å². The first-order chi connectivity index (χ1) is 16.0. The van der Waals surface area contributed by atoms with Crippen molar-refractivity contribution in [2.45, 2.75) is 49.1 Å². The first-order valence-electron chi connectivity index (χ1n) is 11.1. The lowest BCUT2D eigenvalue weighted by Gasteiger charge is -2.17. The van der Waals surface area contributed by atoms with Gasteiger partial charge in [0.1, 0.15) is 5.82 Å². The SMILES string of the molecule is CSc1nc(N2CCCC2)c2cnn(CCNC(=O)CC3CSc4ncc(C)c(=O)n43)c2n1. The van der Waals surface area contributed by atoms with Crippen LogP contribution in [0, 0.1) is 6.92 Å². The van der Waals surface area contributed by atoms with Gasteiger partial charge < -0.3 is 10.2 Å². The summed E-state index contributed by atoms with van der Waals surface area (Å²) in [6.07, 6.45) is 7.99. The van der Waals surface area contributed by atoms with Gasteiger partial charge in [0.15, 0.2) is 16.0 Å². The smallest absolute Gasteiger partial charge is 0.257 e. The lowest BCUT2D eigenvalue weighted by Crippen LogP contribution is -2.32. The molecule has 3 aromatic rings. The predicted molar refractivity (Wildman–Crippen MR) is 129 cm³/mol. The highest BCUT2D eigenvalue weighted by Gasteiger charge is 2.27. The highest BCUT2D eigenvalue weighted by Crippen LogP contribution is 2.32. The van der Waals surface area contributed by atoms with Crippen LogP contribution in [0.4, 0.5) is 5.82 Å². The largest absolute Gasteiger partial charge is 0.356 e. The molecule has 5 heterocycles. The fraction of sp³-hybridized carbons (Fsp3) is 0.524.